The molecule has 1 heterocycles. The van der Waals surface area contributed by atoms with Crippen molar-refractivity contribution in [2.75, 3.05) is 0 Å². The van der Waals surface area contributed by atoms with E-state index in [9.17, 15) is 0 Å². The molecule has 0 atom stereocenters. The largest absolute Gasteiger partial charge is 0.456 e. The molecule has 0 N–H and O–H groups in total. The molecule has 8 aromatic carbocycles. The lowest BCUT2D eigenvalue weighted by molar-refractivity contribution is 0.669. The van der Waals surface area contributed by atoms with E-state index >= 15 is 0 Å². The molecular formula is C40H24O. The number of hydrogen-bond acceptors (Lipinski definition) is 1. The minimum atomic E-state index is 0.911. The molecule has 0 radical (unpaired) electrons. The number of fused-ring (bicyclic) bond motifs is 8. The summed E-state index contributed by atoms with van der Waals surface area (Å²) in [6.07, 6.45) is 0. The predicted molar refractivity (Wildman–Crippen MR) is 175 cm³/mol. The van der Waals surface area contributed by atoms with Crippen molar-refractivity contribution in [1.82, 2.24) is 0 Å². The van der Waals surface area contributed by atoms with Gasteiger partial charge in [0.25, 0.3) is 0 Å². The van der Waals surface area contributed by atoms with Crippen LogP contribution in [0.15, 0.2) is 150 Å². The first-order valence-corrected chi connectivity index (χ1v) is 14.1. The van der Waals surface area contributed by atoms with Crippen molar-refractivity contribution in [1.29, 1.82) is 0 Å². The molecule has 41 heavy (non-hydrogen) atoms. The van der Waals surface area contributed by atoms with E-state index in [2.05, 4.69) is 146 Å². The number of benzene rings is 8. The van der Waals surface area contributed by atoms with Crippen LogP contribution in [0.25, 0.3) is 87.3 Å². The summed E-state index contributed by atoms with van der Waals surface area (Å²) < 4.78 is 6.37. The monoisotopic (exact) mass is 520 g/mol. The summed E-state index contributed by atoms with van der Waals surface area (Å²) in [7, 11) is 0. The van der Waals surface area contributed by atoms with Crippen molar-refractivity contribution < 1.29 is 4.42 Å². The van der Waals surface area contributed by atoms with Crippen LogP contribution >= 0.6 is 0 Å². The minimum absolute atomic E-state index is 0.911. The van der Waals surface area contributed by atoms with Gasteiger partial charge in [0, 0.05) is 10.8 Å². The van der Waals surface area contributed by atoms with Crippen LogP contribution < -0.4 is 0 Å². The number of furan rings is 1. The molecule has 0 unspecified atom stereocenters. The molecule has 190 valence electrons. The molecule has 9 rings (SSSR count). The van der Waals surface area contributed by atoms with Gasteiger partial charge < -0.3 is 4.42 Å². The SMILES string of the molecule is c1ccc2c(-c3ccc4oc5ccc(-c6cc7ccccc7c7ccccc67)cc5c4c3)c3ccccc3cc2c1. The van der Waals surface area contributed by atoms with E-state index < -0.39 is 0 Å². The Morgan fingerprint density at radius 1 is 0.317 bits per heavy atom. The van der Waals surface area contributed by atoms with Crippen LogP contribution in [0.1, 0.15) is 0 Å². The van der Waals surface area contributed by atoms with Crippen molar-refractivity contribution in [3.8, 4) is 22.3 Å². The Hall–Kier alpha value is -5.40. The maximum absolute atomic E-state index is 6.37. The summed E-state index contributed by atoms with van der Waals surface area (Å²) in [6, 6.07) is 52.7. The standard InChI is InChI=1S/C40H24O/c1-4-12-30-27(11-1)22-35(34-16-8-7-15-33(30)34)28-17-19-38-36(23-28)37-24-29(18-20-39(37)41-38)40-31-13-5-2-9-25(31)21-26-10-3-6-14-32(26)40/h1-24H. The van der Waals surface area contributed by atoms with E-state index in [1.165, 1.54) is 65.3 Å². The molecule has 0 fully saturated rings. The second kappa shape index (κ2) is 8.55. The van der Waals surface area contributed by atoms with Gasteiger partial charge in [0.15, 0.2) is 0 Å². The van der Waals surface area contributed by atoms with Gasteiger partial charge in [-0.25, -0.2) is 0 Å². The highest BCUT2D eigenvalue weighted by molar-refractivity contribution is 6.17. The Labute approximate surface area is 236 Å². The lowest BCUT2D eigenvalue weighted by Crippen LogP contribution is -1.86. The summed E-state index contributed by atoms with van der Waals surface area (Å²) in [4.78, 5) is 0. The van der Waals surface area contributed by atoms with Gasteiger partial charge in [0.1, 0.15) is 11.2 Å². The molecule has 0 aliphatic rings. The summed E-state index contributed by atoms with van der Waals surface area (Å²) in [5, 5.41) is 12.4. The maximum atomic E-state index is 6.37. The Kier molecular flexibility index (Phi) is 4.67. The molecule has 0 bridgehead atoms. The smallest absolute Gasteiger partial charge is 0.135 e. The normalized spacial score (nSPS) is 11.9. The minimum Gasteiger partial charge on any atom is -0.456 e. The zero-order chi connectivity index (χ0) is 26.9. The van der Waals surface area contributed by atoms with Crippen LogP contribution in [0, 0.1) is 0 Å². The molecule has 0 aliphatic heterocycles. The first-order chi connectivity index (χ1) is 20.3. The van der Waals surface area contributed by atoms with Crippen molar-refractivity contribution in [2.24, 2.45) is 0 Å². The average Bonchev–Trinajstić information content (AvgIpc) is 3.40. The molecular weight excluding hydrogens is 496 g/mol. The molecule has 9 aromatic rings. The van der Waals surface area contributed by atoms with Gasteiger partial charge in [0.05, 0.1) is 0 Å². The summed E-state index contributed by atoms with van der Waals surface area (Å²) in [5.74, 6) is 0. The molecule has 0 aliphatic carbocycles. The van der Waals surface area contributed by atoms with Crippen LogP contribution in [0.5, 0.6) is 0 Å². The zero-order valence-electron chi connectivity index (χ0n) is 22.3. The second-order valence-electron chi connectivity index (χ2n) is 10.9. The fourth-order valence-electron chi connectivity index (χ4n) is 6.72. The lowest BCUT2D eigenvalue weighted by Gasteiger charge is -2.12. The van der Waals surface area contributed by atoms with Crippen LogP contribution in [0.2, 0.25) is 0 Å². The van der Waals surface area contributed by atoms with Gasteiger partial charge in [-0.1, -0.05) is 109 Å². The highest BCUT2D eigenvalue weighted by Gasteiger charge is 2.15. The molecule has 0 amide bonds. The van der Waals surface area contributed by atoms with E-state index in [0.717, 1.165) is 21.9 Å². The highest BCUT2D eigenvalue weighted by Crippen LogP contribution is 2.41. The maximum Gasteiger partial charge on any atom is 0.135 e. The van der Waals surface area contributed by atoms with Crippen LogP contribution in [0.3, 0.4) is 0 Å². The molecule has 1 heteroatoms. The van der Waals surface area contributed by atoms with Gasteiger partial charge in [-0.15, -0.1) is 0 Å². The van der Waals surface area contributed by atoms with E-state index in [4.69, 9.17) is 4.42 Å². The zero-order valence-corrected chi connectivity index (χ0v) is 22.3. The summed E-state index contributed by atoms with van der Waals surface area (Å²) in [5.41, 5.74) is 6.74. The van der Waals surface area contributed by atoms with Gasteiger partial charge >= 0.3 is 0 Å². The van der Waals surface area contributed by atoms with Crippen LogP contribution in [-0.4, -0.2) is 0 Å². The van der Waals surface area contributed by atoms with Gasteiger partial charge in [-0.2, -0.15) is 0 Å². The van der Waals surface area contributed by atoms with Crippen molar-refractivity contribution in [3.05, 3.63) is 146 Å². The number of hydrogen-bond donors (Lipinski definition) is 0. The molecule has 1 aromatic heterocycles. The van der Waals surface area contributed by atoms with E-state index in [-0.39, 0.29) is 0 Å². The van der Waals surface area contributed by atoms with E-state index in [1.807, 2.05) is 0 Å². The summed E-state index contributed by atoms with van der Waals surface area (Å²) >= 11 is 0. The topological polar surface area (TPSA) is 13.1 Å². The lowest BCUT2D eigenvalue weighted by atomic mass is 9.91. The highest BCUT2D eigenvalue weighted by atomic mass is 16.3. The van der Waals surface area contributed by atoms with Crippen molar-refractivity contribution in [2.45, 2.75) is 0 Å². The third kappa shape index (κ3) is 3.36. The fourth-order valence-corrected chi connectivity index (χ4v) is 6.72. The predicted octanol–water partition coefficient (Wildman–Crippen LogP) is 11.5. The van der Waals surface area contributed by atoms with Crippen LogP contribution in [0.4, 0.5) is 0 Å². The fraction of sp³-hybridized carbons (Fsp3) is 0. The number of rotatable bonds is 2. The Balaban J connectivity index is 1.31. The van der Waals surface area contributed by atoms with Crippen LogP contribution in [-0.2, 0) is 0 Å². The molecule has 0 spiro atoms. The Morgan fingerprint density at radius 3 is 1.46 bits per heavy atom. The van der Waals surface area contributed by atoms with E-state index in [1.54, 1.807) is 0 Å². The Morgan fingerprint density at radius 2 is 0.805 bits per heavy atom. The van der Waals surface area contributed by atoms with Gasteiger partial charge in [-0.05, 0) is 102 Å². The van der Waals surface area contributed by atoms with Crippen molar-refractivity contribution >= 4 is 65.0 Å². The first-order valence-electron chi connectivity index (χ1n) is 14.1. The molecule has 0 saturated carbocycles. The first kappa shape index (κ1) is 22.4. The Bertz CT molecular complexity index is 2420. The quantitative estimate of drug-likeness (QED) is 0.163. The van der Waals surface area contributed by atoms with Crippen molar-refractivity contribution in [3.63, 3.8) is 0 Å². The van der Waals surface area contributed by atoms with Gasteiger partial charge in [0.2, 0.25) is 0 Å². The van der Waals surface area contributed by atoms with E-state index in [0.29, 0.717) is 0 Å². The molecule has 0 saturated heterocycles. The second-order valence-corrected chi connectivity index (χ2v) is 10.9. The third-order valence-corrected chi connectivity index (χ3v) is 8.61. The third-order valence-electron chi connectivity index (χ3n) is 8.61. The summed E-state index contributed by atoms with van der Waals surface area (Å²) in [6.45, 7) is 0. The average molecular weight is 521 g/mol. The van der Waals surface area contributed by atoms with Gasteiger partial charge in [-0.3, -0.25) is 0 Å². The molecule has 1 nitrogen and oxygen atoms in total.